The molecule has 13 heteroatoms. The predicted molar refractivity (Wildman–Crippen MR) is 117 cm³/mol. The summed E-state index contributed by atoms with van der Waals surface area (Å²) < 4.78 is 90.1. The second kappa shape index (κ2) is 10.1. The molecule has 0 saturated carbocycles. The van der Waals surface area contributed by atoms with Gasteiger partial charge in [-0.3, -0.25) is 9.52 Å². The first-order chi connectivity index (χ1) is 16.2. The predicted octanol–water partition coefficient (Wildman–Crippen LogP) is 3.03. The third-order valence-electron chi connectivity index (χ3n) is 5.06. The number of amides is 1. The van der Waals surface area contributed by atoms with Crippen molar-refractivity contribution in [2.75, 3.05) is 17.9 Å². The van der Waals surface area contributed by atoms with E-state index in [2.05, 4.69) is 5.32 Å². The van der Waals surface area contributed by atoms with Gasteiger partial charge in [-0.1, -0.05) is 12.1 Å². The smallest absolute Gasteiger partial charge is 0.388 e. The molecular weight excluding hydrogens is 496 g/mol. The SMILES string of the molecule is CC1(C)OCC(C(O)CNC(=O)c2ccc(CS(=O)(=O)Nc3ccc(F)cc3C(F)(F)F)cc2)O1. The van der Waals surface area contributed by atoms with E-state index in [9.17, 15) is 35.9 Å². The topological polar surface area (TPSA) is 114 Å². The van der Waals surface area contributed by atoms with Crippen LogP contribution in [-0.4, -0.2) is 50.6 Å². The number of rotatable bonds is 8. The number of anilines is 1. The normalized spacial score (nSPS) is 18.8. The highest BCUT2D eigenvalue weighted by Gasteiger charge is 2.37. The number of carbonyl (C=O) groups is 1. The van der Waals surface area contributed by atoms with E-state index in [1.54, 1.807) is 13.8 Å². The van der Waals surface area contributed by atoms with E-state index in [1.165, 1.54) is 24.3 Å². The van der Waals surface area contributed by atoms with Gasteiger partial charge in [-0.2, -0.15) is 13.2 Å². The van der Waals surface area contributed by atoms with Crippen LogP contribution in [0.1, 0.15) is 35.3 Å². The molecule has 1 fully saturated rings. The minimum atomic E-state index is -4.96. The molecular formula is C22H24F4N2O6S. The zero-order valence-corrected chi connectivity index (χ0v) is 19.5. The minimum Gasteiger partial charge on any atom is -0.388 e. The van der Waals surface area contributed by atoms with E-state index in [0.29, 0.717) is 12.1 Å². The van der Waals surface area contributed by atoms with Gasteiger partial charge in [0.25, 0.3) is 5.91 Å². The molecule has 2 unspecified atom stereocenters. The molecule has 0 aromatic heterocycles. The van der Waals surface area contributed by atoms with Gasteiger partial charge in [0, 0.05) is 12.1 Å². The Balaban J connectivity index is 1.59. The van der Waals surface area contributed by atoms with Crippen LogP contribution in [0.25, 0.3) is 0 Å². The first-order valence-electron chi connectivity index (χ1n) is 10.4. The second-order valence-corrected chi connectivity index (χ2v) is 10.1. The maximum absolute atomic E-state index is 13.2. The van der Waals surface area contributed by atoms with Gasteiger partial charge < -0.3 is 19.9 Å². The molecule has 2 aromatic carbocycles. The fraction of sp³-hybridized carbons (Fsp3) is 0.409. The Morgan fingerprint density at radius 1 is 1.20 bits per heavy atom. The van der Waals surface area contributed by atoms with Crippen LogP contribution in [0.15, 0.2) is 42.5 Å². The second-order valence-electron chi connectivity index (χ2n) is 8.39. The number of hydrogen-bond acceptors (Lipinski definition) is 6. The van der Waals surface area contributed by atoms with Crippen LogP contribution in [0.5, 0.6) is 0 Å². The number of alkyl halides is 3. The fourth-order valence-electron chi connectivity index (χ4n) is 3.35. The average molecular weight is 521 g/mol. The molecule has 2 aromatic rings. The summed E-state index contributed by atoms with van der Waals surface area (Å²) in [5, 5.41) is 12.7. The highest BCUT2D eigenvalue weighted by atomic mass is 32.2. The van der Waals surface area contributed by atoms with Crippen molar-refractivity contribution in [3.63, 3.8) is 0 Å². The average Bonchev–Trinajstić information content (AvgIpc) is 3.12. The number of hydrogen-bond donors (Lipinski definition) is 3. The molecule has 1 amide bonds. The van der Waals surface area contributed by atoms with E-state index in [4.69, 9.17) is 9.47 Å². The van der Waals surface area contributed by atoms with Crippen molar-refractivity contribution < 1.29 is 45.4 Å². The van der Waals surface area contributed by atoms with E-state index in [0.717, 1.165) is 0 Å². The molecule has 1 heterocycles. The summed E-state index contributed by atoms with van der Waals surface area (Å²) in [6, 6.07) is 6.95. The standard InChI is InChI=1S/C22H24F4N2O6S/c1-21(2)33-11-19(34-21)18(29)10-27-20(30)14-5-3-13(4-6-14)12-35(31,32)28-17-8-7-15(23)9-16(17)22(24,25)26/h3-9,18-19,28-29H,10-12H2,1-2H3,(H,27,30). The van der Waals surface area contributed by atoms with Crippen LogP contribution in [0, 0.1) is 5.82 Å². The maximum atomic E-state index is 13.2. The number of halogens is 4. The highest BCUT2D eigenvalue weighted by Crippen LogP contribution is 2.36. The molecule has 0 radical (unpaired) electrons. The number of benzene rings is 2. The summed E-state index contributed by atoms with van der Waals surface area (Å²) in [7, 11) is -4.29. The monoisotopic (exact) mass is 520 g/mol. The number of ether oxygens (including phenoxy) is 2. The summed E-state index contributed by atoms with van der Waals surface area (Å²) in [5.74, 6) is -3.20. The molecule has 3 N–H and O–H groups in total. The number of sulfonamides is 1. The molecule has 0 bridgehead atoms. The lowest BCUT2D eigenvalue weighted by atomic mass is 10.1. The van der Waals surface area contributed by atoms with Crippen molar-refractivity contribution in [2.45, 2.75) is 43.8 Å². The van der Waals surface area contributed by atoms with Gasteiger partial charge in [-0.15, -0.1) is 0 Å². The van der Waals surface area contributed by atoms with Crippen molar-refractivity contribution in [1.82, 2.24) is 5.32 Å². The summed E-state index contributed by atoms with van der Waals surface area (Å²) in [6.45, 7) is 3.46. The van der Waals surface area contributed by atoms with Gasteiger partial charge in [0.05, 0.1) is 29.7 Å². The van der Waals surface area contributed by atoms with Gasteiger partial charge >= 0.3 is 6.18 Å². The van der Waals surface area contributed by atoms with Crippen LogP contribution in [0.3, 0.4) is 0 Å². The molecule has 3 rings (SSSR count). The molecule has 192 valence electrons. The van der Waals surface area contributed by atoms with E-state index < -0.39 is 62.9 Å². The molecule has 35 heavy (non-hydrogen) atoms. The van der Waals surface area contributed by atoms with Gasteiger partial charge in [0.2, 0.25) is 10.0 Å². The summed E-state index contributed by atoms with van der Waals surface area (Å²) in [5.41, 5.74) is -1.88. The zero-order valence-electron chi connectivity index (χ0n) is 18.7. The highest BCUT2D eigenvalue weighted by molar-refractivity contribution is 7.91. The van der Waals surface area contributed by atoms with Crippen LogP contribution in [-0.2, 0) is 31.4 Å². The van der Waals surface area contributed by atoms with Crippen molar-refractivity contribution in [2.24, 2.45) is 0 Å². The fourth-order valence-corrected chi connectivity index (χ4v) is 4.57. The van der Waals surface area contributed by atoms with Crippen LogP contribution in [0.4, 0.5) is 23.2 Å². The molecule has 0 aliphatic carbocycles. The Morgan fingerprint density at radius 2 is 1.86 bits per heavy atom. The zero-order chi connectivity index (χ0) is 26.0. The van der Waals surface area contributed by atoms with Crippen LogP contribution < -0.4 is 10.0 Å². The van der Waals surface area contributed by atoms with Crippen molar-refractivity contribution in [1.29, 1.82) is 0 Å². The van der Waals surface area contributed by atoms with E-state index >= 15 is 0 Å². The van der Waals surface area contributed by atoms with Gasteiger partial charge in [-0.25, -0.2) is 12.8 Å². The Morgan fingerprint density at radius 3 is 2.43 bits per heavy atom. The van der Waals surface area contributed by atoms with Gasteiger partial charge in [-0.05, 0) is 49.7 Å². The third-order valence-corrected chi connectivity index (χ3v) is 6.30. The number of aliphatic hydroxyl groups is 1. The van der Waals surface area contributed by atoms with Crippen molar-refractivity contribution in [3.8, 4) is 0 Å². The number of nitrogens with one attached hydrogen (secondary N) is 2. The molecule has 8 nitrogen and oxygen atoms in total. The Labute approximate surface area is 199 Å². The third kappa shape index (κ3) is 7.37. The number of carbonyl (C=O) groups excluding carboxylic acids is 1. The minimum absolute atomic E-state index is 0.109. The maximum Gasteiger partial charge on any atom is 0.418 e. The molecule has 2 atom stereocenters. The van der Waals surface area contributed by atoms with Gasteiger partial charge in [0.1, 0.15) is 11.9 Å². The molecule has 1 aliphatic rings. The lowest BCUT2D eigenvalue weighted by Gasteiger charge is -2.20. The van der Waals surface area contributed by atoms with E-state index in [-0.39, 0.29) is 30.3 Å². The van der Waals surface area contributed by atoms with E-state index in [1.807, 2.05) is 4.72 Å². The number of aliphatic hydroxyl groups excluding tert-OH is 1. The molecule has 1 aliphatic heterocycles. The summed E-state index contributed by atoms with van der Waals surface area (Å²) >= 11 is 0. The van der Waals surface area contributed by atoms with Crippen LogP contribution >= 0.6 is 0 Å². The Hall–Kier alpha value is -2.74. The lowest BCUT2D eigenvalue weighted by Crippen LogP contribution is -2.40. The quantitative estimate of drug-likeness (QED) is 0.461. The Bertz CT molecular complexity index is 1170. The summed E-state index contributed by atoms with van der Waals surface area (Å²) in [6.07, 6.45) is -6.58. The molecule has 0 spiro atoms. The van der Waals surface area contributed by atoms with Crippen LogP contribution in [0.2, 0.25) is 0 Å². The first-order valence-corrected chi connectivity index (χ1v) is 12.0. The lowest BCUT2D eigenvalue weighted by molar-refractivity contribution is -0.150. The van der Waals surface area contributed by atoms with Crippen molar-refractivity contribution in [3.05, 3.63) is 65.0 Å². The van der Waals surface area contributed by atoms with Crippen molar-refractivity contribution >= 4 is 21.6 Å². The Kier molecular flexibility index (Phi) is 7.74. The summed E-state index contributed by atoms with van der Waals surface area (Å²) in [4.78, 5) is 12.3. The first kappa shape index (κ1) is 26.9. The van der Waals surface area contributed by atoms with Gasteiger partial charge in [0.15, 0.2) is 5.79 Å². The molecule has 1 saturated heterocycles. The largest absolute Gasteiger partial charge is 0.418 e.